The van der Waals surface area contributed by atoms with Crippen molar-refractivity contribution in [3.63, 3.8) is 0 Å². The van der Waals surface area contributed by atoms with Crippen molar-refractivity contribution in [3.8, 4) is 11.1 Å². The normalized spacial score (nSPS) is 10.8. The third kappa shape index (κ3) is 4.04. The Morgan fingerprint density at radius 2 is 1.59 bits per heavy atom. The second kappa shape index (κ2) is 8.76. The number of methoxy groups -OCH3 is 2. The van der Waals surface area contributed by atoms with Gasteiger partial charge in [-0.3, -0.25) is 0 Å². The molecule has 8 heteroatoms. The summed E-state index contributed by atoms with van der Waals surface area (Å²) < 4.78 is 9.65. The highest BCUT2D eigenvalue weighted by Crippen LogP contribution is 2.38. The van der Waals surface area contributed by atoms with E-state index in [1.54, 1.807) is 12.1 Å². The van der Waals surface area contributed by atoms with Gasteiger partial charge in [0.2, 0.25) is 0 Å². The third-order valence-corrected chi connectivity index (χ3v) is 6.11. The minimum atomic E-state index is -0.557. The van der Waals surface area contributed by atoms with Gasteiger partial charge in [0.05, 0.1) is 30.7 Å². The number of thiophene rings is 1. The van der Waals surface area contributed by atoms with Gasteiger partial charge < -0.3 is 14.8 Å². The van der Waals surface area contributed by atoms with Crippen molar-refractivity contribution in [3.05, 3.63) is 70.4 Å². The van der Waals surface area contributed by atoms with E-state index in [0.717, 1.165) is 21.3 Å². The molecule has 32 heavy (non-hydrogen) atoms. The minimum Gasteiger partial charge on any atom is -0.465 e. The molecule has 0 unspecified atom stereocenters. The molecule has 0 bridgehead atoms. The number of aromatic nitrogens is 2. The summed E-state index contributed by atoms with van der Waals surface area (Å²) in [5.74, 6) is -0.543. The first-order valence-corrected chi connectivity index (χ1v) is 10.7. The van der Waals surface area contributed by atoms with E-state index in [0.29, 0.717) is 11.5 Å². The Kier molecular flexibility index (Phi) is 5.87. The topological polar surface area (TPSA) is 90.4 Å². The van der Waals surface area contributed by atoms with Crippen LogP contribution in [-0.2, 0) is 9.47 Å². The molecule has 0 aliphatic heterocycles. The number of fused-ring (bicyclic) bond motifs is 1. The van der Waals surface area contributed by atoms with Crippen molar-refractivity contribution in [2.45, 2.75) is 13.8 Å². The summed E-state index contributed by atoms with van der Waals surface area (Å²) >= 11 is 1.53. The predicted octanol–water partition coefficient (Wildman–Crippen LogP) is 5.29. The van der Waals surface area contributed by atoms with Crippen LogP contribution in [0, 0.1) is 13.8 Å². The molecule has 162 valence electrons. The number of carbonyl (C=O) groups is 2. The lowest BCUT2D eigenvalue weighted by atomic mass is 10.0. The van der Waals surface area contributed by atoms with E-state index in [2.05, 4.69) is 52.7 Å². The van der Waals surface area contributed by atoms with Gasteiger partial charge in [0, 0.05) is 16.6 Å². The van der Waals surface area contributed by atoms with Gasteiger partial charge in [0.1, 0.15) is 17.0 Å². The summed E-state index contributed by atoms with van der Waals surface area (Å²) in [6, 6.07) is 11.0. The van der Waals surface area contributed by atoms with Gasteiger partial charge >= 0.3 is 11.9 Å². The van der Waals surface area contributed by atoms with Crippen molar-refractivity contribution in [1.29, 1.82) is 0 Å². The Morgan fingerprint density at radius 3 is 2.22 bits per heavy atom. The third-order valence-electron chi connectivity index (χ3n) is 5.23. The molecule has 2 aromatic heterocycles. The van der Waals surface area contributed by atoms with Crippen LogP contribution >= 0.6 is 11.3 Å². The molecule has 2 aromatic carbocycles. The van der Waals surface area contributed by atoms with E-state index < -0.39 is 11.9 Å². The number of aryl methyl sites for hydroxylation is 2. The molecule has 0 atom stereocenters. The zero-order chi connectivity index (χ0) is 22.8. The number of benzene rings is 2. The summed E-state index contributed by atoms with van der Waals surface area (Å²) in [6.07, 6.45) is 1.48. The first-order valence-electron chi connectivity index (χ1n) is 9.80. The molecule has 0 fully saturated rings. The smallest absolute Gasteiger partial charge is 0.337 e. The van der Waals surface area contributed by atoms with Crippen LogP contribution < -0.4 is 5.32 Å². The van der Waals surface area contributed by atoms with Crippen molar-refractivity contribution in [1.82, 2.24) is 9.97 Å². The van der Waals surface area contributed by atoms with Crippen LogP contribution in [0.2, 0.25) is 0 Å². The highest BCUT2D eigenvalue weighted by atomic mass is 32.1. The van der Waals surface area contributed by atoms with E-state index in [1.807, 2.05) is 0 Å². The first-order chi connectivity index (χ1) is 15.4. The van der Waals surface area contributed by atoms with Gasteiger partial charge in [-0.15, -0.1) is 11.3 Å². The Morgan fingerprint density at radius 1 is 0.906 bits per heavy atom. The molecule has 0 saturated heterocycles. The number of rotatable bonds is 5. The molecule has 0 aliphatic rings. The fourth-order valence-electron chi connectivity index (χ4n) is 3.40. The number of ether oxygens (including phenoxy) is 2. The zero-order valence-corrected chi connectivity index (χ0v) is 18.9. The number of hydrogen-bond donors (Lipinski definition) is 1. The van der Waals surface area contributed by atoms with Crippen LogP contribution in [0.3, 0.4) is 0 Å². The largest absolute Gasteiger partial charge is 0.465 e. The van der Waals surface area contributed by atoms with Crippen LogP contribution in [-0.4, -0.2) is 36.1 Å². The zero-order valence-electron chi connectivity index (χ0n) is 18.1. The second-order valence-electron chi connectivity index (χ2n) is 7.26. The number of anilines is 2. The van der Waals surface area contributed by atoms with Crippen LogP contribution in [0.15, 0.2) is 48.1 Å². The van der Waals surface area contributed by atoms with Gasteiger partial charge in [-0.25, -0.2) is 19.6 Å². The molecule has 2 heterocycles. The average Bonchev–Trinajstić information content (AvgIpc) is 3.25. The lowest BCUT2D eigenvalue weighted by Crippen LogP contribution is -2.08. The molecule has 0 aliphatic carbocycles. The standard InChI is InChI=1S/C24H21N3O4S/c1-13-5-6-15(7-14(13)2)19-11-32-22-20(19)21(25-12-26-22)27-18-9-16(23(28)30-3)8-17(10-18)24(29)31-4/h5-12H,1-4H3,(H,25,26,27). The molecule has 1 N–H and O–H groups in total. The number of hydrogen-bond acceptors (Lipinski definition) is 8. The maximum atomic E-state index is 12.1. The van der Waals surface area contributed by atoms with Crippen LogP contribution in [0.1, 0.15) is 31.8 Å². The van der Waals surface area contributed by atoms with Crippen molar-refractivity contribution in [2.24, 2.45) is 0 Å². The fourth-order valence-corrected chi connectivity index (χ4v) is 4.32. The van der Waals surface area contributed by atoms with Gasteiger partial charge in [-0.1, -0.05) is 18.2 Å². The van der Waals surface area contributed by atoms with E-state index in [9.17, 15) is 9.59 Å². The monoisotopic (exact) mass is 447 g/mol. The van der Waals surface area contributed by atoms with Crippen molar-refractivity contribution in [2.75, 3.05) is 19.5 Å². The molecule has 4 rings (SSSR count). The molecule has 0 spiro atoms. The molecule has 0 saturated carbocycles. The Bertz CT molecular complexity index is 1310. The molecule has 0 amide bonds. The number of nitrogens with zero attached hydrogens (tertiary/aromatic N) is 2. The maximum absolute atomic E-state index is 12.1. The lowest BCUT2D eigenvalue weighted by Gasteiger charge is -2.12. The van der Waals surface area contributed by atoms with E-state index in [-0.39, 0.29) is 11.1 Å². The molecular formula is C24H21N3O4S. The van der Waals surface area contributed by atoms with Crippen LogP contribution in [0.25, 0.3) is 21.3 Å². The molecule has 4 aromatic rings. The highest BCUT2D eigenvalue weighted by molar-refractivity contribution is 7.17. The average molecular weight is 448 g/mol. The summed E-state index contributed by atoms with van der Waals surface area (Å²) in [6.45, 7) is 4.16. The SMILES string of the molecule is COC(=O)c1cc(Nc2ncnc3scc(-c4ccc(C)c(C)c4)c23)cc(C(=O)OC)c1. The van der Waals surface area contributed by atoms with E-state index in [1.165, 1.54) is 49.1 Å². The van der Waals surface area contributed by atoms with Gasteiger partial charge in [0.25, 0.3) is 0 Å². The summed E-state index contributed by atoms with van der Waals surface area (Å²) in [5, 5.41) is 6.17. The quantitative estimate of drug-likeness (QED) is 0.416. The molecular weight excluding hydrogens is 426 g/mol. The summed E-state index contributed by atoms with van der Waals surface area (Å²) in [5.41, 5.74) is 5.44. The van der Waals surface area contributed by atoms with Crippen molar-refractivity contribution >= 4 is 45.0 Å². The highest BCUT2D eigenvalue weighted by Gasteiger charge is 2.17. The number of carbonyl (C=O) groups excluding carboxylic acids is 2. The fraction of sp³-hybridized carbons (Fsp3) is 0.167. The predicted molar refractivity (Wildman–Crippen MR) is 125 cm³/mol. The van der Waals surface area contributed by atoms with Crippen LogP contribution in [0.4, 0.5) is 11.5 Å². The van der Waals surface area contributed by atoms with E-state index in [4.69, 9.17) is 9.47 Å². The molecule has 7 nitrogen and oxygen atoms in total. The lowest BCUT2D eigenvalue weighted by molar-refractivity contribution is 0.0599. The van der Waals surface area contributed by atoms with Crippen molar-refractivity contribution < 1.29 is 19.1 Å². The summed E-state index contributed by atoms with van der Waals surface area (Å²) in [7, 11) is 2.57. The second-order valence-corrected chi connectivity index (χ2v) is 8.12. The Labute approximate surface area is 189 Å². The van der Waals surface area contributed by atoms with Gasteiger partial charge in [-0.2, -0.15) is 0 Å². The van der Waals surface area contributed by atoms with Gasteiger partial charge in [-0.05, 0) is 48.7 Å². The first kappa shape index (κ1) is 21.5. The maximum Gasteiger partial charge on any atom is 0.337 e. The van der Waals surface area contributed by atoms with E-state index >= 15 is 0 Å². The Balaban J connectivity index is 1.83. The molecule has 0 radical (unpaired) electrons. The minimum absolute atomic E-state index is 0.225. The number of esters is 2. The Hall–Kier alpha value is -3.78. The van der Waals surface area contributed by atoms with Gasteiger partial charge in [0.15, 0.2) is 0 Å². The summed E-state index contributed by atoms with van der Waals surface area (Å²) in [4.78, 5) is 33.9. The number of nitrogens with one attached hydrogen (secondary N) is 1. The van der Waals surface area contributed by atoms with Crippen LogP contribution in [0.5, 0.6) is 0 Å².